The standard InChI is InChI=1S/C52H99NO4/c1-3-5-7-9-11-13-15-17-19-21-23-24-25-26-27-29-30-32-34-36-38-40-42-44-46-50(55)52(57)49(48-54)53-51(56)47-45-43-41-39-37-35-33-31-28-22-20-18-16-14-12-10-8-6-4-2/h12,14,16,18,38,40,49-50,52,54-55,57H,3-11,13,15,17,19-37,39,41-48H2,1-2H3,(H,53,56)/b14-12-,18-16-,40-38+. The molecule has 0 heterocycles. The van der Waals surface area contributed by atoms with Crippen molar-refractivity contribution in [1.82, 2.24) is 5.32 Å². The molecule has 0 radical (unpaired) electrons. The smallest absolute Gasteiger partial charge is 0.220 e. The third-order valence-electron chi connectivity index (χ3n) is 11.7. The quantitative estimate of drug-likeness (QED) is 0.0280. The van der Waals surface area contributed by atoms with E-state index in [4.69, 9.17) is 0 Å². The molecule has 0 aliphatic rings. The maximum absolute atomic E-state index is 12.5. The minimum Gasteiger partial charge on any atom is -0.394 e. The molecular weight excluding hydrogens is 703 g/mol. The number of unbranched alkanes of at least 4 members (excludes halogenated alkanes) is 33. The van der Waals surface area contributed by atoms with E-state index in [1.54, 1.807) is 0 Å². The number of hydrogen-bond acceptors (Lipinski definition) is 4. The van der Waals surface area contributed by atoms with Crippen LogP contribution < -0.4 is 5.32 Å². The highest BCUT2D eigenvalue weighted by atomic mass is 16.3. The van der Waals surface area contributed by atoms with Crippen LogP contribution in [0.3, 0.4) is 0 Å². The Morgan fingerprint density at radius 1 is 0.439 bits per heavy atom. The summed E-state index contributed by atoms with van der Waals surface area (Å²) in [5, 5.41) is 33.7. The lowest BCUT2D eigenvalue weighted by Gasteiger charge is -2.26. The molecule has 1 amide bonds. The average Bonchev–Trinajstić information content (AvgIpc) is 3.22. The first-order valence-corrected chi connectivity index (χ1v) is 25.3. The van der Waals surface area contributed by atoms with E-state index in [0.29, 0.717) is 12.8 Å². The second-order valence-corrected chi connectivity index (χ2v) is 17.4. The van der Waals surface area contributed by atoms with Gasteiger partial charge >= 0.3 is 0 Å². The molecule has 3 unspecified atom stereocenters. The number of amides is 1. The lowest BCUT2D eigenvalue weighted by molar-refractivity contribution is -0.124. The van der Waals surface area contributed by atoms with Gasteiger partial charge in [-0.15, -0.1) is 0 Å². The van der Waals surface area contributed by atoms with E-state index in [1.807, 2.05) is 0 Å². The van der Waals surface area contributed by atoms with Crippen molar-refractivity contribution in [1.29, 1.82) is 0 Å². The van der Waals surface area contributed by atoms with Crippen LogP contribution in [0.4, 0.5) is 0 Å². The van der Waals surface area contributed by atoms with Crippen LogP contribution in [-0.4, -0.2) is 46.1 Å². The van der Waals surface area contributed by atoms with Crippen molar-refractivity contribution in [3.8, 4) is 0 Å². The van der Waals surface area contributed by atoms with Gasteiger partial charge in [0.05, 0.1) is 18.8 Å². The van der Waals surface area contributed by atoms with Crippen molar-refractivity contribution >= 4 is 5.91 Å². The van der Waals surface area contributed by atoms with Crippen LogP contribution in [0, 0.1) is 0 Å². The van der Waals surface area contributed by atoms with Crippen molar-refractivity contribution < 1.29 is 20.1 Å². The Labute approximate surface area is 355 Å². The Kier molecular flexibility index (Phi) is 46.1. The number of rotatable bonds is 46. The minimum absolute atomic E-state index is 0.157. The van der Waals surface area contributed by atoms with Gasteiger partial charge in [0.15, 0.2) is 0 Å². The first-order chi connectivity index (χ1) is 28.1. The molecule has 0 fully saturated rings. The summed E-state index contributed by atoms with van der Waals surface area (Å²) in [6.07, 6.45) is 59.9. The van der Waals surface area contributed by atoms with Crippen molar-refractivity contribution in [3.63, 3.8) is 0 Å². The molecule has 5 heteroatoms. The molecule has 5 nitrogen and oxygen atoms in total. The number of allylic oxidation sites excluding steroid dienone is 6. The van der Waals surface area contributed by atoms with Gasteiger partial charge in [0.1, 0.15) is 6.10 Å². The fraction of sp³-hybridized carbons (Fsp3) is 0.865. The Bertz CT molecular complexity index is 885. The largest absolute Gasteiger partial charge is 0.394 e. The zero-order valence-electron chi connectivity index (χ0n) is 38.2. The molecular formula is C52H99NO4. The first kappa shape index (κ1) is 55.6. The highest BCUT2D eigenvalue weighted by Crippen LogP contribution is 2.16. The Balaban J connectivity index is 3.61. The number of carbonyl (C=O) groups excluding carboxylic acids is 1. The molecule has 0 bridgehead atoms. The molecule has 0 aliphatic carbocycles. The average molecular weight is 802 g/mol. The van der Waals surface area contributed by atoms with E-state index in [1.165, 1.54) is 199 Å². The van der Waals surface area contributed by atoms with E-state index >= 15 is 0 Å². The van der Waals surface area contributed by atoms with Crippen LogP contribution in [0.25, 0.3) is 0 Å². The second-order valence-electron chi connectivity index (χ2n) is 17.4. The third-order valence-corrected chi connectivity index (χ3v) is 11.7. The van der Waals surface area contributed by atoms with Crippen molar-refractivity contribution in [2.24, 2.45) is 0 Å². The van der Waals surface area contributed by atoms with Gasteiger partial charge in [0.2, 0.25) is 5.91 Å². The summed E-state index contributed by atoms with van der Waals surface area (Å²) in [7, 11) is 0. The predicted octanol–water partition coefficient (Wildman–Crippen LogP) is 15.1. The van der Waals surface area contributed by atoms with Crippen molar-refractivity contribution in [2.45, 2.75) is 283 Å². The lowest BCUT2D eigenvalue weighted by atomic mass is 10.0. The molecule has 57 heavy (non-hydrogen) atoms. The maximum Gasteiger partial charge on any atom is 0.220 e. The number of nitrogens with one attached hydrogen (secondary N) is 1. The van der Waals surface area contributed by atoms with Gasteiger partial charge < -0.3 is 20.6 Å². The Hall–Kier alpha value is -1.43. The molecule has 0 rings (SSSR count). The highest BCUT2D eigenvalue weighted by Gasteiger charge is 2.26. The van der Waals surface area contributed by atoms with Crippen molar-refractivity contribution in [2.75, 3.05) is 6.61 Å². The summed E-state index contributed by atoms with van der Waals surface area (Å²) in [6.45, 7) is 4.16. The molecule has 0 saturated heterocycles. The van der Waals surface area contributed by atoms with Crippen LogP contribution in [0.5, 0.6) is 0 Å². The SMILES string of the molecule is CCCCC/C=C\C=C/CCCCCCCCCCCCC(=O)NC(CO)C(O)C(O)CCC/C=C/CCCCCCCCCCCCCCCCCCCCC. The summed E-state index contributed by atoms with van der Waals surface area (Å²) in [5.74, 6) is -0.157. The summed E-state index contributed by atoms with van der Waals surface area (Å²) in [5.41, 5.74) is 0. The molecule has 4 N–H and O–H groups in total. The van der Waals surface area contributed by atoms with Gasteiger partial charge in [-0.2, -0.15) is 0 Å². The molecule has 0 aromatic rings. The summed E-state index contributed by atoms with van der Waals surface area (Å²) in [6, 6.07) is -0.828. The lowest BCUT2D eigenvalue weighted by Crippen LogP contribution is -2.50. The predicted molar refractivity (Wildman–Crippen MR) is 250 cm³/mol. The van der Waals surface area contributed by atoms with Crippen LogP contribution >= 0.6 is 0 Å². The van der Waals surface area contributed by atoms with E-state index in [9.17, 15) is 20.1 Å². The number of aliphatic hydroxyl groups is 3. The summed E-state index contributed by atoms with van der Waals surface area (Å²) in [4.78, 5) is 12.5. The number of carbonyl (C=O) groups is 1. The molecule has 0 aromatic heterocycles. The van der Waals surface area contributed by atoms with Gasteiger partial charge in [0, 0.05) is 6.42 Å². The highest BCUT2D eigenvalue weighted by molar-refractivity contribution is 5.76. The molecule has 0 saturated carbocycles. The van der Waals surface area contributed by atoms with Gasteiger partial charge in [-0.1, -0.05) is 230 Å². The van der Waals surface area contributed by atoms with E-state index in [-0.39, 0.29) is 12.5 Å². The van der Waals surface area contributed by atoms with Crippen LogP contribution in [0.1, 0.15) is 264 Å². The van der Waals surface area contributed by atoms with Gasteiger partial charge in [-0.05, 0) is 64.2 Å². The Morgan fingerprint density at radius 2 is 0.754 bits per heavy atom. The van der Waals surface area contributed by atoms with Crippen LogP contribution in [-0.2, 0) is 4.79 Å². The number of aliphatic hydroxyl groups excluding tert-OH is 3. The first-order valence-electron chi connectivity index (χ1n) is 25.3. The van der Waals surface area contributed by atoms with E-state index < -0.39 is 18.2 Å². The van der Waals surface area contributed by atoms with Gasteiger partial charge in [-0.25, -0.2) is 0 Å². The molecule has 0 aliphatic heterocycles. The second kappa shape index (κ2) is 47.3. The van der Waals surface area contributed by atoms with Crippen LogP contribution in [0.2, 0.25) is 0 Å². The fourth-order valence-corrected chi connectivity index (χ4v) is 7.80. The number of hydrogen-bond donors (Lipinski definition) is 4. The fourth-order valence-electron chi connectivity index (χ4n) is 7.80. The third kappa shape index (κ3) is 42.5. The van der Waals surface area contributed by atoms with E-state index in [0.717, 1.165) is 38.5 Å². The molecule has 336 valence electrons. The zero-order chi connectivity index (χ0) is 41.5. The van der Waals surface area contributed by atoms with Crippen LogP contribution in [0.15, 0.2) is 36.5 Å². The zero-order valence-corrected chi connectivity index (χ0v) is 38.2. The monoisotopic (exact) mass is 802 g/mol. The van der Waals surface area contributed by atoms with Gasteiger partial charge in [0.25, 0.3) is 0 Å². The Morgan fingerprint density at radius 3 is 1.16 bits per heavy atom. The molecule has 3 atom stereocenters. The maximum atomic E-state index is 12.5. The van der Waals surface area contributed by atoms with Crippen molar-refractivity contribution in [3.05, 3.63) is 36.5 Å². The summed E-state index contributed by atoms with van der Waals surface area (Å²) < 4.78 is 0. The molecule has 0 spiro atoms. The normalized spacial score (nSPS) is 13.7. The molecule has 0 aromatic carbocycles. The minimum atomic E-state index is -1.16. The summed E-state index contributed by atoms with van der Waals surface area (Å²) >= 11 is 0. The van der Waals surface area contributed by atoms with Gasteiger partial charge in [-0.3, -0.25) is 4.79 Å². The van der Waals surface area contributed by atoms with E-state index in [2.05, 4.69) is 55.6 Å². The topological polar surface area (TPSA) is 89.8 Å².